The van der Waals surface area contributed by atoms with Crippen molar-refractivity contribution in [1.82, 2.24) is 14.8 Å². The van der Waals surface area contributed by atoms with Gasteiger partial charge >= 0.3 is 0 Å². The second kappa shape index (κ2) is 8.19. The lowest BCUT2D eigenvalue weighted by Gasteiger charge is -2.34. The van der Waals surface area contributed by atoms with Crippen LogP contribution in [0.25, 0.3) is 17.0 Å². The van der Waals surface area contributed by atoms with Gasteiger partial charge in [-0.15, -0.1) is 0 Å². The van der Waals surface area contributed by atoms with Crippen LogP contribution in [0.5, 0.6) is 11.5 Å². The second-order valence-corrected chi connectivity index (χ2v) is 8.01. The normalized spacial score (nSPS) is 18.6. The van der Waals surface area contributed by atoms with Crippen LogP contribution in [0.1, 0.15) is 21.5 Å². The van der Waals surface area contributed by atoms with Crippen molar-refractivity contribution < 1.29 is 19.7 Å². The van der Waals surface area contributed by atoms with E-state index in [4.69, 9.17) is 9.84 Å². The van der Waals surface area contributed by atoms with Gasteiger partial charge in [0.25, 0.3) is 0 Å². The minimum Gasteiger partial charge on any atom is -0.507 e. The van der Waals surface area contributed by atoms with E-state index in [1.165, 1.54) is 0 Å². The van der Waals surface area contributed by atoms with E-state index in [0.717, 1.165) is 42.6 Å². The molecule has 0 unspecified atom stereocenters. The molecule has 0 aliphatic carbocycles. The van der Waals surface area contributed by atoms with Gasteiger partial charge in [-0.25, -0.2) is 0 Å². The maximum absolute atomic E-state index is 13.0. The molecule has 31 heavy (non-hydrogen) atoms. The summed E-state index contributed by atoms with van der Waals surface area (Å²) >= 11 is 0. The Kier molecular flexibility index (Phi) is 5.23. The first-order chi connectivity index (χ1) is 15.1. The smallest absolute Gasteiger partial charge is 0.231 e. The summed E-state index contributed by atoms with van der Waals surface area (Å²) in [6.45, 7) is 4.73. The van der Waals surface area contributed by atoms with Crippen molar-refractivity contribution in [2.75, 3.05) is 39.3 Å². The van der Waals surface area contributed by atoms with Crippen LogP contribution in [0.15, 0.2) is 48.4 Å². The largest absolute Gasteiger partial charge is 0.507 e. The molecule has 2 aliphatic heterocycles. The van der Waals surface area contributed by atoms with Gasteiger partial charge in [0.2, 0.25) is 5.78 Å². The predicted molar refractivity (Wildman–Crippen MR) is 118 cm³/mol. The zero-order valence-corrected chi connectivity index (χ0v) is 17.2. The van der Waals surface area contributed by atoms with E-state index in [2.05, 4.69) is 14.8 Å². The number of carbonyl (C=O) groups excluding carboxylic acids is 1. The standard InChI is InChI=1S/C24H25N3O4/c28-12-11-26-7-9-27(10-8-26)15-19-21(29)6-5-18-23(30)22(31-24(18)19)13-16-14-25-20-4-2-1-3-17(16)20/h1-6,13-14,25,28-29H,7-12,15H2. The molecule has 0 saturated carbocycles. The number of β-amino-alcohol motifs (C(OH)–C–C–N with tert-alkyl or cyclic N) is 1. The third kappa shape index (κ3) is 3.72. The van der Waals surface area contributed by atoms with E-state index in [1.807, 2.05) is 30.5 Å². The molecule has 5 rings (SSSR count). The summed E-state index contributed by atoms with van der Waals surface area (Å²) in [6.07, 6.45) is 3.62. The Labute approximate surface area is 180 Å². The minimum absolute atomic E-state index is 0.137. The van der Waals surface area contributed by atoms with Crippen molar-refractivity contribution in [1.29, 1.82) is 0 Å². The number of aromatic hydroxyl groups is 1. The van der Waals surface area contributed by atoms with Crippen LogP contribution in [0.2, 0.25) is 0 Å². The van der Waals surface area contributed by atoms with Gasteiger partial charge in [0.05, 0.1) is 17.7 Å². The number of hydrogen-bond acceptors (Lipinski definition) is 6. The van der Waals surface area contributed by atoms with Crippen molar-refractivity contribution in [2.24, 2.45) is 0 Å². The van der Waals surface area contributed by atoms with Crippen molar-refractivity contribution in [3.8, 4) is 11.5 Å². The van der Waals surface area contributed by atoms with Crippen LogP contribution in [0, 0.1) is 0 Å². The van der Waals surface area contributed by atoms with Crippen LogP contribution < -0.4 is 4.74 Å². The molecule has 3 aromatic rings. The zero-order chi connectivity index (χ0) is 21.4. The number of phenols is 1. The summed E-state index contributed by atoms with van der Waals surface area (Å²) in [4.78, 5) is 20.7. The van der Waals surface area contributed by atoms with Gasteiger partial charge in [0.1, 0.15) is 11.5 Å². The Morgan fingerprint density at radius 2 is 1.84 bits per heavy atom. The number of aromatic amines is 1. The number of aliphatic hydroxyl groups excluding tert-OH is 1. The van der Waals surface area contributed by atoms with E-state index in [0.29, 0.717) is 30.0 Å². The molecule has 7 nitrogen and oxygen atoms in total. The molecule has 2 aromatic carbocycles. The number of rotatable bonds is 5. The third-order valence-corrected chi connectivity index (χ3v) is 6.09. The fourth-order valence-electron chi connectivity index (χ4n) is 4.34. The van der Waals surface area contributed by atoms with Crippen molar-refractivity contribution >= 4 is 22.8 Å². The SMILES string of the molecule is O=C1C(=Cc2c[nH]c3ccccc23)Oc2c1ccc(O)c2CN1CCN(CCO)CC1. The first-order valence-electron chi connectivity index (χ1n) is 10.5. The summed E-state index contributed by atoms with van der Waals surface area (Å²) < 4.78 is 6.02. The Hall–Kier alpha value is -3.13. The number of H-pyrrole nitrogens is 1. The zero-order valence-electron chi connectivity index (χ0n) is 17.2. The number of allylic oxidation sites excluding steroid dienone is 1. The van der Waals surface area contributed by atoms with Gasteiger partial charge in [-0.2, -0.15) is 0 Å². The fourth-order valence-corrected chi connectivity index (χ4v) is 4.34. The molecule has 0 radical (unpaired) electrons. The monoisotopic (exact) mass is 419 g/mol. The first-order valence-corrected chi connectivity index (χ1v) is 10.5. The lowest BCUT2D eigenvalue weighted by atomic mass is 10.0. The second-order valence-electron chi connectivity index (χ2n) is 8.01. The molecule has 3 heterocycles. The quantitative estimate of drug-likeness (QED) is 0.551. The molecule has 2 aliphatic rings. The van der Waals surface area contributed by atoms with Crippen molar-refractivity contribution in [3.05, 3.63) is 65.0 Å². The van der Waals surface area contributed by atoms with Crippen molar-refractivity contribution in [3.63, 3.8) is 0 Å². The van der Waals surface area contributed by atoms with Gasteiger partial charge in [0.15, 0.2) is 5.76 Å². The van der Waals surface area contributed by atoms with Crippen LogP contribution in [0.4, 0.5) is 0 Å². The van der Waals surface area contributed by atoms with E-state index < -0.39 is 0 Å². The van der Waals surface area contributed by atoms with Gasteiger partial charge in [-0.05, 0) is 24.3 Å². The number of fused-ring (bicyclic) bond motifs is 2. The third-order valence-electron chi connectivity index (χ3n) is 6.09. The highest BCUT2D eigenvalue weighted by Gasteiger charge is 2.32. The molecular formula is C24H25N3O4. The van der Waals surface area contributed by atoms with E-state index in [9.17, 15) is 9.90 Å². The number of aliphatic hydroxyl groups is 1. The highest BCUT2D eigenvalue weighted by Crippen LogP contribution is 2.40. The lowest BCUT2D eigenvalue weighted by molar-refractivity contribution is 0.101. The minimum atomic E-state index is -0.172. The lowest BCUT2D eigenvalue weighted by Crippen LogP contribution is -2.46. The number of carbonyl (C=O) groups is 1. The van der Waals surface area contributed by atoms with Crippen molar-refractivity contribution in [2.45, 2.75) is 6.54 Å². The van der Waals surface area contributed by atoms with Gasteiger partial charge in [0, 0.05) is 61.9 Å². The highest BCUT2D eigenvalue weighted by atomic mass is 16.5. The van der Waals surface area contributed by atoms with Gasteiger partial charge in [-0.1, -0.05) is 18.2 Å². The maximum Gasteiger partial charge on any atom is 0.231 e. The molecule has 1 aromatic heterocycles. The Morgan fingerprint density at radius 3 is 2.65 bits per heavy atom. The topological polar surface area (TPSA) is 89.0 Å². The molecule has 160 valence electrons. The first kappa shape index (κ1) is 19.8. The van der Waals surface area contributed by atoms with Crippen LogP contribution in [-0.4, -0.2) is 70.1 Å². The van der Waals surface area contributed by atoms with E-state index in [1.54, 1.807) is 18.2 Å². The highest BCUT2D eigenvalue weighted by molar-refractivity contribution is 6.15. The van der Waals surface area contributed by atoms with Crippen LogP contribution in [-0.2, 0) is 6.54 Å². The maximum atomic E-state index is 13.0. The van der Waals surface area contributed by atoms with Crippen LogP contribution >= 0.6 is 0 Å². The van der Waals surface area contributed by atoms with E-state index in [-0.39, 0.29) is 23.9 Å². The molecule has 7 heteroatoms. The summed E-state index contributed by atoms with van der Waals surface area (Å²) in [5.41, 5.74) is 3.01. The average Bonchev–Trinajstić information content (AvgIpc) is 3.33. The van der Waals surface area contributed by atoms with Crippen LogP contribution in [0.3, 0.4) is 0 Å². The number of ether oxygens (including phenoxy) is 1. The van der Waals surface area contributed by atoms with Gasteiger partial charge in [-0.3, -0.25) is 14.6 Å². The predicted octanol–water partition coefficient (Wildman–Crippen LogP) is 2.60. The molecule has 0 bridgehead atoms. The molecule has 0 atom stereocenters. The summed E-state index contributed by atoms with van der Waals surface area (Å²) in [5, 5.41) is 20.7. The Bertz CT molecular complexity index is 1160. The number of hydrogen-bond donors (Lipinski definition) is 3. The molecule has 0 spiro atoms. The number of benzene rings is 2. The number of Topliss-reactive ketones (excluding diaryl/α,β-unsaturated/α-hetero) is 1. The van der Waals surface area contributed by atoms with Gasteiger partial charge < -0.3 is 19.9 Å². The summed E-state index contributed by atoms with van der Waals surface area (Å²) in [6, 6.07) is 11.1. The Morgan fingerprint density at radius 1 is 1.06 bits per heavy atom. The Balaban J connectivity index is 1.40. The number of para-hydroxylation sites is 1. The fraction of sp³-hybridized carbons (Fsp3) is 0.292. The number of nitrogens with one attached hydrogen (secondary N) is 1. The molecule has 3 N–H and O–H groups in total. The molecule has 1 saturated heterocycles. The number of ketones is 1. The number of phenolic OH excluding ortho intramolecular Hbond substituents is 1. The molecular weight excluding hydrogens is 394 g/mol. The number of nitrogens with zero attached hydrogens (tertiary/aromatic N) is 2. The summed E-state index contributed by atoms with van der Waals surface area (Å²) in [7, 11) is 0. The molecule has 0 amide bonds. The van der Waals surface area contributed by atoms with E-state index >= 15 is 0 Å². The molecule has 1 fully saturated rings. The summed E-state index contributed by atoms with van der Waals surface area (Å²) in [5.74, 6) is 0.681. The average molecular weight is 419 g/mol. The number of piperazine rings is 1. The number of aromatic nitrogens is 1.